The Morgan fingerprint density at radius 3 is 1.54 bits per heavy atom. The third kappa shape index (κ3) is 21.4. The first kappa shape index (κ1) is 69.1. The number of phenols is 1. The molecule has 6 rings (SSSR count). The molecule has 24 nitrogen and oxygen atoms in total. The number of phenolic OH excluding ortho intramolecular Hbond substituents is 1. The molecule has 0 radical (unpaired) electrons. The lowest BCUT2D eigenvalue weighted by molar-refractivity contribution is -0.142. The molecular formula is C65H85N11O13. The highest BCUT2D eigenvalue weighted by Crippen LogP contribution is 2.22. The van der Waals surface area contributed by atoms with Crippen LogP contribution in [0.25, 0.3) is 0 Å². The number of carboxylic acid groups (broad SMARTS) is 1. The van der Waals surface area contributed by atoms with Crippen LogP contribution in [0.5, 0.6) is 5.75 Å². The molecule has 478 valence electrons. The number of carbonyl (C=O) groups excluding carboxylic acids is 10. The van der Waals surface area contributed by atoms with Crippen LogP contribution in [-0.2, 0) is 78.4 Å². The van der Waals surface area contributed by atoms with Crippen molar-refractivity contribution in [2.45, 2.75) is 165 Å². The molecule has 0 unspecified atom stereocenters. The molecule has 2 aliphatic heterocycles. The highest BCUT2D eigenvalue weighted by Gasteiger charge is 2.42. The molecule has 0 spiro atoms. The molecule has 2 fully saturated rings. The zero-order chi connectivity index (χ0) is 64.7. The Morgan fingerprint density at radius 1 is 0.528 bits per heavy atom. The second-order valence-electron chi connectivity index (χ2n) is 23.6. The van der Waals surface area contributed by atoms with Crippen LogP contribution in [0.2, 0.25) is 0 Å². The van der Waals surface area contributed by atoms with Gasteiger partial charge in [0.25, 0.3) is 0 Å². The van der Waals surface area contributed by atoms with Crippen LogP contribution in [0.1, 0.15) is 101 Å². The second-order valence-corrected chi connectivity index (χ2v) is 23.6. The highest BCUT2D eigenvalue weighted by atomic mass is 16.4. The number of nitrogens with zero attached hydrogens (tertiary/aromatic N) is 1. The van der Waals surface area contributed by atoms with Gasteiger partial charge in [0.05, 0.1) is 30.6 Å². The van der Waals surface area contributed by atoms with E-state index in [1.807, 2.05) is 13.8 Å². The number of rotatable bonds is 19. The SMILES string of the molecule is CC(C)C[C@@H]1NC(=O)[C@H](CCCN)NC(=O)[C@H](C(C)C)NC(=O)[C@H](Cc2ccc(O)cc2)N[C@@H](CCC(=O)O)C(=O)N[C@@H](CC(N)=O)C(=O)[C@@H](Cc2ccccc2)NC(=O)[C@H](Cc2ccccc2)NC(=O)[C@@H]2CCCN2C(=O)[C@@H](Cc2ccccc2)NC1=O. The number of carboxylic acids is 1. The Morgan fingerprint density at radius 2 is 0.989 bits per heavy atom. The first-order valence-corrected chi connectivity index (χ1v) is 30.3. The van der Waals surface area contributed by atoms with Gasteiger partial charge in [-0.15, -0.1) is 0 Å². The third-order valence-corrected chi connectivity index (χ3v) is 15.6. The molecule has 4 aromatic carbocycles. The van der Waals surface area contributed by atoms with Crippen molar-refractivity contribution in [1.82, 2.24) is 47.4 Å². The molecule has 4 aromatic rings. The van der Waals surface area contributed by atoms with Crippen molar-refractivity contribution < 1.29 is 63.0 Å². The first-order valence-electron chi connectivity index (χ1n) is 30.3. The number of nitrogens with two attached hydrogens (primary N) is 2. The maximum absolute atomic E-state index is 15.2. The summed E-state index contributed by atoms with van der Waals surface area (Å²) in [5.74, 6) is -10.7. The monoisotopic (exact) mass is 1230 g/mol. The van der Waals surface area contributed by atoms with Crippen molar-refractivity contribution in [3.05, 3.63) is 138 Å². The third-order valence-electron chi connectivity index (χ3n) is 15.6. The predicted molar refractivity (Wildman–Crippen MR) is 329 cm³/mol. The largest absolute Gasteiger partial charge is 0.508 e. The van der Waals surface area contributed by atoms with E-state index < -0.39 is 151 Å². The van der Waals surface area contributed by atoms with Crippen molar-refractivity contribution >= 4 is 64.9 Å². The quantitative estimate of drug-likeness (QED) is 0.0626. The number of amides is 9. The average Bonchev–Trinajstić information content (AvgIpc) is 3.53. The van der Waals surface area contributed by atoms with Gasteiger partial charge < -0.3 is 63.8 Å². The molecule has 0 aromatic heterocycles. The van der Waals surface area contributed by atoms with E-state index in [-0.39, 0.29) is 76.1 Å². The Bertz CT molecular complexity index is 3080. The maximum Gasteiger partial charge on any atom is 0.303 e. The van der Waals surface area contributed by atoms with Gasteiger partial charge in [-0.1, -0.05) is 131 Å². The van der Waals surface area contributed by atoms with Crippen LogP contribution in [0.3, 0.4) is 0 Å². The van der Waals surface area contributed by atoms with Gasteiger partial charge in [-0.05, 0) is 104 Å². The van der Waals surface area contributed by atoms with Gasteiger partial charge in [-0.2, -0.15) is 0 Å². The van der Waals surface area contributed by atoms with Gasteiger partial charge in [-0.3, -0.25) is 58.1 Å². The number of hydrogen-bond acceptors (Lipinski definition) is 14. The van der Waals surface area contributed by atoms with Crippen molar-refractivity contribution in [3.63, 3.8) is 0 Å². The molecule has 14 N–H and O–H groups in total. The molecule has 10 atom stereocenters. The molecule has 9 amide bonds. The molecule has 0 saturated carbocycles. The van der Waals surface area contributed by atoms with E-state index in [9.17, 15) is 48.6 Å². The molecule has 24 heteroatoms. The number of aromatic hydroxyl groups is 1. The number of benzene rings is 4. The zero-order valence-corrected chi connectivity index (χ0v) is 50.8. The number of aliphatic carboxylic acids is 1. The smallest absolute Gasteiger partial charge is 0.303 e. The van der Waals surface area contributed by atoms with E-state index in [0.29, 0.717) is 28.7 Å². The van der Waals surface area contributed by atoms with Gasteiger partial charge >= 0.3 is 5.97 Å². The topological polar surface area (TPSA) is 380 Å². The van der Waals surface area contributed by atoms with Crippen LogP contribution in [0.15, 0.2) is 115 Å². The van der Waals surface area contributed by atoms with Gasteiger partial charge in [-0.25, -0.2) is 0 Å². The highest BCUT2D eigenvalue weighted by molar-refractivity contribution is 6.01. The maximum atomic E-state index is 15.2. The minimum Gasteiger partial charge on any atom is -0.508 e. The molecule has 0 bridgehead atoms. The van der Waals surface area contributed by atoms with Gasteiger partial charge in [0, 0.05) is 25.8 Å². The summed E-state index contributed by atoms with van der Waals surface area (Å²) in [5.41, 5.74) is 13.9. The Labute approximate surface area is 518 Å². The lowest BCUT2D eigenvalue weighted by Gasteiger charge is -2.32. The number of Topliss-reactive ketones (excluding diaryl/α,β-unsaturated/α-hetero) is 1. The predicted octanol–water partition coefficient (Wildman–Crippen LogP) is 1.14. The van der Waals surface area contributed by atoms with Crippen molar-refractivity contribution in [2.75, 3.05) is 13.1 Å². The van der Waals surface area contributed by atoms with E-state index in [1.165, 1.54) is 29.2 Å². The molecule has 2 saturated heterocycles. The summed E-state index contributed by atoms with van der Waals surface area (Å²) >= 11 is 0. The summed E-state index contributed by atoms with van der Waals surface area (Å²) in [6.45, 7) is 7.13. The average molecular weight is 1230 g/mol. The second kappa shape index (κ2) is 33.9. The van der Waals surface area contributed by atoms with Crippen LogP contribution in [0, 0.1) is 11.8 Å². The summed E-state index contributed by atoms with van der Waals surface area (Å²) < 4.78 is 0. The number of fused-ring (bicyclic) bond motifs is 1. The van der Waals surface area contributed by atoms with Crippen LogP contribution in [-0.4, -0.2) is 154 Å². The number of nitrogens with one attached hydrogen (secondary N) is 8. The molecule has 2 heterocycles. The normalized spacial score (nSPS) is 24.2. The Hall–Kier alpha value is -9.03. The minimum absolute atomic E-state index is 0.0120. The van der Waals surface area contributed by atoms with Gasteiger partial charge in [0.15, 0.2) is 5.78 Å². The molecule has 89 heavy (non-hydrogen) atoms. The molecule has 2 aliphatic rings. The van der Waals surface area contributed by atoms with E-state index >= 15 is 14.4 Å². The molecular weight excluding hydrogens is 1140 g/mol. The number of primary amides is 1. The fourth-order valence-electron chi connectivity index (χ4n) is 10.9. The molecule has 0 aliphatic carbocycles. The van der Waals surface area contributed by atoms with Crippen LogP contribution >= 0.6 is 0 Å². The van der Waals surface area contributed by atoms with E-state index in [1.54, 1.807) is 105 Å². The lowest BCUT2D eigenvalue weighted by Crippen LogP contribution is -2.62. The number of carbonyl (C=O) groups is 11. The van der Waals surface area contributed by atoms with E-state index in [2.05, 4.69) is 42.5 Å². The fourth-order valence-corrected chi connectivity index (χ4v) is 10.9. The summed E-state index contributed by atoms with van der Waals surface area (Å²) in [6, 6.07) is 17.5. The van der Waals surface area contributed by atoms with Crippen molar-refractivity contribution in [2.24, 2.45) is 23.3 Å². The minimum atomic E-state index is -1.79. The Balaban J connectivity index is 1.49. The van der Waals surface area contributed by atoms with Crippen molar-refractivity contribution in [1.29, 1.82) is 0 Å². The van der Waals surface area contributed by atoms with Crippen LogP contribution < -0.4 is 54.0 Å². The van der Waals surface area contributed by atoms with Crippen LogP contribution in [0.4, 0.5) is 0 Å². The fraction of sp³-hybridized carbons (Fsp3) is 0.462. The first-order chi connectivity index (χ1) is 42.5. The van der Waals surface area contributed by atoms with Crippen molar-refractivity contribution in [3.8, 4) is 5.75 Å². The summed E-state index contributed by atoms with van der Waals surface area (Å²) in [4.78, 5) is 160. The number of hydrogen-bond donors (Lipinski definition) is 12. The summed E-state index contributed by atoms with van der Waals surface area (Å²) in [6.07, 6.45) is -1.74. The lowest BCUT2D eigenvalue weighted by atomic mass is 9.94. The van der Waals surface area contributed by atoms with E-state index in [0.717, 1.165) is 0 Å². The number of ketones is 1. The van der Waals surface area contributed by atoms with E-state index in [4.69, 9.17) is 11.5 Å². The van der Waals surface area contributed by atoms with Gasteiger partial charge in [0.1, 0.15) is 42.0 Å². The summed E-state index contributed by atoms with van der Waals surface area (Å²) in [5, 5.41) is 42.4. The zero-order valence-electron chi connectivity index (χ0n) is 50.8. The Kier molecular flexibility index (Phi) is 26.3. The standard InChI is InChI=1S/C65H85N11O13/c1-38(2)32-49-60(84)74-52(36-42-20-12-7-13-21-42)65(89)76-31-15-23-53(76)63(87)73-51(34-41-18-10-6-11-19-41)61(85)70-47(33-40-16-8-5-9-17-40)57(81)48(37-54(67)78)71-59(83)46(28-29-55(79)80)68-50(35-43-24-26-44(77)27-25-43)62(86)75-56(39(3)4)64(88)69-45(22-14-30-66)58(82)72-49/h5-13,16-21,24-27,38-39,45-53,56,68,77H,14-15,22-23,28-37,66H2,1-4H3,(H2,67,78)(H,69,88)(H,70,85)(H,71,83)(H,72,82)(H,73,87)(H,74,84)(H,75,86)(H,79,80)/t45-,46-,47+,48-,49-,50-,51-,52+,53-,56-/m0/s1. The summed E-state index contributed by atoms with van der Waals surface area (Å²) in [7, 11) is 0. The van der Waals surface area contributed by atoms with Gasteiger partial charge in [0.2, 0.25) is 53.2 Å².